The number of carboxylic acid groups (broad SMARTS) is 1. The van der Waals surface area contributed by atoms with Crippen LogP contribution in [0.5, 0.6) is 0 Å². The van der Waals surface area contributed by atoms with E-state index in [4.69, 9.17) is 14.6 Å². The molecular weight excluding hydrogens is 407 g/mol. The number of ether oxygens (including phenoxy) is 1. The number of piperidine rings is 2. The maximum Gasteiger partial charge on any atom is 0.300 e. The molecule has 174 valence electrons. The number of benzene rings is 1. The number of aliphatic hydroxyl groups excluding tert-OH is 2. The standard InChI is InChI=1S/C20H29FN2O4.C2H4O2/c1-27-20(7-9-22-10-8-20)18(26)23-11-6-17(25)19(13-23,14-24)12-15-2-4-16(21)5-3-15;1-2(3)4/h2-5,17,22,24-25H,6-14H2,1H3;1H3,(H,3,4)/t17-,19-;/m0./s1. The average Bonchev–Trinajstić information content (AvgIpc) is 2.76. The zero-order chi connectivity index (χ0) is 23.1. The van der Waals surface area contributed by atoms with Crippen molar-refractivity contribution in [2.75, 3.05) is 39.9 Å². The fourth-order valence-electron chi connectivity index (χ4n) is 4.34. The lowest BCUT2D eigenvalue weighted by Gasteiger charge is -2.48. The Hall–Kier alpha value is -2.07. The van der Waals surface area contributed by atoms with Gasteiger partial charge in [0.05, 0.1) is 12.7 Å². The number of carboxylic acids is 1. The van der Waals surface area contributed by atoms with Crippen LogP contribution in [0.25, 0.3) is 0 Å². The number of likely N-dealkylation sites (tertiary alicyclic amines) is 1. The molecular formula is C22H33FN2O6. The van der Waals surface area contributed by atoms with E-state index in [1.165, 1.54) is 12.1 Å². The minimum absolute atomic E-state index is 0.0738. The number of amides is 1. The summed E-state index contributed by atoms with van der Waals surface area (Å²) in [5, 5.41) is 31.5. The molecule has 2 fully saturated rings. The smallest absolute Gasteiger partial charge is 0.300 e. The second-order valence-corrected chi connectivity index (χ2v) is 8.32. The normalized spacial score (nSPS) is 25.3. The third-order valence-corrected chi connectivity index (χ3v) is 6.15. The summed E-state index contributed by atoms with van der Waals surface area (Å²) in [7, 11) is 1.57. The van der Waals surface area contributed by atoms with Crippen LogP contribution < -0.4 is 5.32 Å². The van der Waals surface area contributed by atoms with E-state index in [0.29, 0.717) is 32.2 Å². The van der Waals surface area contributed by atoms with Crippen molar-refractivity contribution in [2.24, 2.45) is 5.41 Å². The highest BCUT2D eigenvalue weighted by atomic mass is 19.1. The molecule has 0 spiro atoms. The van der Waals surface area contributed by atoms with Gasteiger partial charge in [0.1, 0.15) is 11.4 Å². The maximum absolute atomic E-state index is 13.3. The van der Waals surface area contributed by atoms with E-state index in [1.807, 2.05) is 0 Å². The SMILES string of the molecule is CC(=O)O.COC1(C(=O)N2CC[C@H](O)[C@@](CO)(Cc3ccc(F)cc3)C2)CCNCC1. The number of hydrogen-bond donors (Lipinski definition) is 4. The monoisotopic (exact) mass is 440 g/mol. The lowest BCUT2D eigenvalue weighted by molar-refractivity contribution is -0.167. The molecule has 0 bridgehead atoms. The van der Waals surface area contributed by atoms with Gasteiger partial charge in [-0.05, 0) is 56.5 Å². The van der Waals surface area contributed by atoms with E-state index < -0.39 is 23.1 Å². The van der Waals surface area contributed by atoms with Gasteiger partial charge in [-0.15, -0.1) is 0 Å². The molecule has 0 aliphatic carbocycles. The highest BCUT2D eigenvalue weighted by molar-refractivity contribution is 5.85. The fourth-order valence-corrected chi connectivity index (χ4v) is 4.34. The Morgan fingerprint density at radius 2 is 1.84 bits per heavy atom. The summed E-state index contributed by atoms with van der Waals surface area (Å²) in [5.41, 5.74) is -0.889. The summed E-state index contributed by atoms with van der Waals surface area (Å²) in [6, 6.07) is 6.05. The van der Waals surface area contributed by atoms with Crippen molar-refractivity contribution in [3.05, 3.63) is 35.6 Å². The van der Waals surface area contributed by atoms with Crippen molar-refractivity contribution in [1.82, 2.24) is 10.2 Å². The van der Waals surface area contributed by atoms with E-state index in [9.17, 15) is 19.4 Å². The van der Waals surface area contributed by atoms with Crippen LogP contribution in [0.4, 0.5) is 4.39 Å². The van der Waals surface area contributed by atoms with Crippen molar-refractivity contribution in [1.29, 1.82) is 0 Å². The number of aliphatic hydroxyl groups is 2. The summed E-state index contributed by atoms with van der Waals surface area (Å²) in [5.74, 6) is -1.24. The van der Waals surface area contributed by atoms with Gasteiger partial charge in [-0.25, -0.2) is 4.39 Å². The van der Waals surface area contributed by atoms with Gasteiger partial charge in [-0.3, -0.25) is 9.59 Å². The van der Waals surface area contributed by atoms with Gasteiger partial charge in [0.25, 0.3) is 11.9 Å². The van der Waals surface area contributed by atoms with Gasteiger partial charge < -0.3 is 30.3 Å². The summed E-state index contributed by atoms with van der Waals surface area (Å²) < 4.78 is 18.9. The molecule has 2 saturated heterocycles. The summed E-state index contributed by atoms with van der Waals surface area (Å²) in [6.07, 6.45) is 1.24. The molecule has 31 heavy (non-hydrogen) atoms. The molecule has 1 aromatic carbocycles. The van der Waals surface area contributed by atoms with Gasteiger partial charge in [0, 0.05) is 32.5 Å². The van der Waals surface area contributed by atoms with Crippen LogP contribution in [0.15, 0.2) is 24.3 Å². The van der Waals surface area contributed by atoms with Gasteiger partial charge in [-0.1, -0.05) is 12.1 Å². The summed E-state index contributed by atoms with van der Waals surface area (Å²) in [4.78, 5) is 24.0. The first-order chi connectivity index (χ1) is 14.7. The molecule has 1 aromatic rings. The zero-order valence-electron chi connectivity index (χ0n) is 18.1. The Morgan fingerprint density at radius 1 is 1.26 bits per heavy atom. The van der Waals surface area contributed by atoms with Gasteiger partial charge in [-0.2, -0.15) is 0 Å². The number of carbonyl (C=O) groups is 2. The van der Waals surface area contributed by atoms with Gasteiger partial charge >= 0.3 is 0 Å². The lowest BCUT2D eigenvalue weighted by Crippen LogP contribution is -2.62. The van der Waals surface area contributed by atoms with Crippen LogP contribution in [-0.4, -0.2) is 83.7 Å². The fraction of sp³-hybridized carbons (Fsp3) is 0.636. The van der Waals surface area contributed by atoms with E-state index in [-0.39, 0.29) is 24.9 Å². The Balaban J connectivity index is 0.000000785. The van der Waals surface area contributed by atoms with E-state index in [1.54, 1.807) is 24.1 Å². The minimum Gasteiger partial charge on any atom is -0.481 e. The summed E-state index contributed by atoms with van der Waals surface area (Å²) in [6.45, 7) is 2.95. The number of methoxy groups -OCH3 is 1. The Labute approximate surface area is 182 Å². The second kappa shape index (κ2) is 11.0. The molecule has 2 aliphatic rings. The first-order valence-electron chi connectivity index (χ1n) is 10.5. The van der Waals surface area contributed by atoms with Crippen molar-refractivity contribution in [2.45, 2.75) is 44.3 Å². The van der Waals surface area contributed by atoms with Crippen molar-refractivity contribution >= 4 is 11.9 Å². The number of nitrogens with one attached hydrogen (secondary N) is 1. The third kappa shape index (κ3) is 6.22. The molecule has 2 atom stereocenters. The number of aliphatic carboxylic acids is 1. The molecule has 3 rings (SSSR count). The van der Waals surface area contributed by atoms with Crippen LogP contribution in [0, 0.1) is 11.2 Å². The number of carbonyl (C=O) groups excluding carboxylic acids is 1. The molecule has 0 aromatic heterocycles. The van der Waals surface area contributed by atoms with E-state index >= 15 is 0 Å². The van der Waals surface area contributed by atoms with Crippen LogP contribution >= 0.6 is 0 Å². The molecule has 0 saturated carbocycles. The molecule has 4 N–H and O–H groups in total. The Kier molecular flexibility index (Phi) is 8.93. The second-order valence-electron chi connectivity index (χ2n) is 8.32. The highest BCUT2D eigenvalue weighted by Gasteiger charge is 2.48. The quantitative estimate of drug-likeness (QED) is 0.535. The average molecular weight is 441 g/mol. The first-order valence-corrected chi connectivity index (χ1v) is 10.5. The molecule has 1 amide bonds. The molecule has 0 radical (unpaired) electrons. The molecule has 2 heterocycles. The van der Waals surface area contributed by atoms with Gasteiger partial charge in [0.15, 0.2) is 0 Å². The molecule has 8 nitrogen and oxygen atoms in total. The number of hydrogen-bond acceptors (Lipinski definition) is 6. The first kappa shape index (κ1) is 25.2. The van der Waals surface area contributed by atoms with E-state index in [2.05, 4.69) is 5.32 Å². The molecule has 2 aliphatic heterocycles. The minimum atomic E-state index is -0.867. The Morgan fingerprint density at radius 3 is 2.35 bits per heavy atom. The van der Waals surface area contributed by atoms with E-state index in [0.717, 1.165) is 25.6 Å². The predicted octanol–water partition coefficient (Wildman–Crippen LogP) is 0.800. The van der Waals surface area contributed by atoms with Crippen molar-refractivity contribution in [3.8, 4) is 0 Å². The summed E-state index contributed by atoms with van der Waals surface area (Å²) >= 11 is 0. The maximum atomic E-state index is 13.3. The van der Waals surface area contributed by atoms with Crippen LogP contribution in [0.2, 0.25) is 0 Å². The van der Waals surface area contributed by atoms with Gasteiger partial charge in [0.2, 0.25) is 0 Å². The largest absolute Gasteiger partial charge is 0.481 e. The Bertz CT molecular complexity index is 734. The molecule has 0 unspecified atom stereocenters. The third-order valence-electron chi connectivity index (χ3n) is 6.15. The van der Waals surface area contributed by atoms with Crippen LogP contribution in [0.3, 0.4) is 0 Å². The van der Waals surface area contributed by atoms with Crippen LogP contribution in [-0.2, 0) is 20.7 Å². The van der Waals surface area contributed by atoms with Crippen molar-refractivity contribution in [3.63, 3.8) is 0 Å². The zero-order valence-corrected chi connectivity index (χ0v) is 18.1. The lowest BCUT2D eigenvalue weighted by atomic mass is 9.73. The number of rotatable bonds is 5. The number of nitrogens with zero attached hydrogens (tertiary/aromatic N) is 1. The highest BCUT2D eigenvalue weighted by Crippen LogP contribution is 2.36. The predicted molar refractivity (Wildman–Crippen MR) is 112 cm³/mol. The molecule has 9 heteroatoms. The van der Waals surface area contributed by atoms with Crippen LogP contribution in [0.1, 0.15) is 31.7 Å². The number of halogens is 1. The topological polar surface area (TPSA) is 119 Å². The van der Waals surface area contributed by atoms with Crippen molar-refractivity contribution < 1.29 is 34.0 Å².